The highest BCUT2D eigenvalue weighted by Crippen LogP contribution is 2.39. The summed E-state index contributed by atoms with van der Waals surface area (Å²) in [5.74, 6) is -0.0832. The molecule has 2 aliphatic carbocycles. The van der Waals surface area contributed by atoms with Crippen LogP contribution in [0.2, 0.25) is 0 Å². The van der Waals surface area contributed by atoms with Crippen molar-refractivity contribution in [3.8, 4) is 0 Å². The Hall–Kier alpha value is -1.93. The van der Waals surface area contributed by atoms with Gasteiger partial charge < -0.3 is 16.0 Å². The van der Waals surface area contributed by atoms with Crippen LogP contribution < -0.4 is 11.1 Å². The van der Waals surface area contributed by atoms with Crippen molar-refractivity contribution in [2.24, 2.45) is 11.7 Å². The van der Waals surface area contributed by atoms with Gasteiger partial charge in [0.15, 0.2) is 0 Å². The summed E-state index contributed by atoms with van der Waals surface area (Å²) in [6.07, 6.45) is 4.88. The zero-order valence-electron chi connectivity index (χ0n) is 15.6. The second-order valence-corrected chi connectivity index (χ2v) is 8.83. The summed E-state index contributed by atoms with van der Waals surface area (Å²) in [6.45, 7) is 4.60. The number of rotatable bonds is 5. The Morgan fingerprint density at radius 3 is 2.48 bits per heavy atom. The van der Waals surface area contributed by atoms with Crippen molar-refractivity contribution in [3.05, 3.63) is 16.0 Å². The van der Waals surface area contributed by atoms with Crippen LogP contribution in [-0.4, -0.2) is 59.7 Å². The van der Waals surface area contributed by atoms with E-state index in [0.29, 0.717) is 36.7 Å². The van der Waals surface area contributed by atoms with Gasteiger partial charge in [-0.3, -0.25) is 19.3 Å². The van der Waals surface area contributed by atoms with Crippen LogP contribution >= 0.6 is 11.3 Å². The van der Waals surface area contributed by atoms with Crippen molar-refractivity contribution in [2.75, 3.05) is 31.5 Å². The maximum atomic E-state index is 12.8. The third-order valence-corrected chi connectivity index (χ3v) is 7.09. The molecule has 1 atom stereocenters. The van der Waals surface area contributed by atoms with Crippen LogP contribution in [0.3, 0.4) is 0 Å². The predicted octanol–water partition coefficient (Wildman–Crippen LogP) is 1.22. The van der Waals surface area contributed by atoms with Gasteiger partial charge in [-0.05, 0) is 44.6 Å². The molecule has 1 saturated heterocycles. The van der Waals surface area contributed by atoms with Crippen LogP contribution in [0.1, 0.15) is 47.0 Å². The molecule has 1 aliphatic heterocycles. The van der Waals surface area contributed by atoms with Crippen LogP contribution in [0.4, 0.5) is 5.00 Å². The van der Waals surface area contributed by atoms with Gasteiger partial charge in [-0.1, -0.05) is 0 Å². The molecule has 1 aromatic rings. The Balaban J connectivity index is 1.38. The quantitative estimate of drug-likeness (QED) is 0.790. The molecule has 1 aromatic heterocycles. The molecule has 7 nitrogen and oxygen atoms in total. The minimum Gasteiger partial charge on any atom is -0.365 e. The number of carbonyl (C=O) groups is 3. The first-order valence-electron chi connectivity index (χ1n) is 9.73. The molecule has 3 N–H and O–H groups in total. The smallest absolute Gasteiger partial charge is 0.251 e. The maximum absolute atomic E-state index is 12.8. The first kappa shape index (κ1) is 18.4. The minimum absolute atomic E-state index is 0.126. The number of anilines is 1. The van der Waals surface area contributed by atoms with E-state index in [9.17, 15) is 14.4 Å². The Morgan fingerprint density at radius 2 is 1.85 bits per heavy atom. The van der Waals surface area contributed by atoms with Crippen LogP contribution in [0.15, 0.2) is 0 Å². The number of fused-ring (bicyclic) bond motifs is 1. The number of thiophene rings is 1. The number of nitrogens with one attached hydrogen (secondary N) is 1. The monoisotopic (exact) mass is 390 g/mol. The first-order chi connectivity index (χ1) is 13.0. The van der Waals surface area contributed by atoms with Gasteiger partial charge in [-0.2, -0.15) is 0 Å². The molecule has 0 aromatic carbocycles. The van der Waals surface area contributed by atoms with E-state index in [1.165, 1.54) is 16.2 Å². The van der Waals surface area contributed by atoms with Crippen molar-refractivity contribution in [2.45, 2.75) is 45.1 Å². The number of carbonyl (C=O) groups excluding carboxylic acids is 3. The number of piperazine rings is 1. The molecule has 3 aliphatic rings. The fourth-order valence-corrected chi connectivity index (χ4v) is 5.35. The highest BCUT2D eigenvalue weighted by Gasteiger charge is 2.36. The first-order valence-corrected chi connectivity index (χ1v) is 10.6. The Morgan fingerprint density at radius 1 is 1.15 bits per heavy atom. The highest BCUT2D eigenvalue weighted by atomic mass is 32.1. The zero-order valence-corrected chi connectivity index (χ0v) is 16.4. The third-order valence-electron chi connectivity index (χ3n) is 5.88. The molecule has 0 bridgehead atoms. The van der Waals surface area contributed by atoms with Gasteiger partial charge in [0, 0.05) is 37.0 Å². The van der Waals surface area contributed by atoms with Crippen molar-refractivity contribution in [1.82, 2.24) is 9.80 Å². The van der Waals surface area contributed by atoms with E-state index in [1.807, 2.05) is 11.8 Å². The van der Waals surface area contributed by atoms with Gasteiger partial charge in [-0.15, -0.1) is 11.3 Å². The van der Waals surface area contributed by atoms with E-state index in [0.717, 1.165) is 37.7 Å². The molecule has 3 amide bonds. The topological polar surface area (TPSA) is 95.7 Å². The fraction of sp³-hybridized carbons (Fsp3) is 0.632. The molecular formula is C19H26N4O3S. The largest absolute Gasteiger partial charge is 0.365 e. The van der Waals surface area contributed by atoms with Crippen molar-refractivity contribution in [1.29, 1.82) is 0 Å². The number of nitrogens with zero attached hydrogens (tertiary/aromatic N) is 2. The van der Waals surface area contributed by atoms with Crippen LogP contribution in [0.25, 0.3) is 0 Å². The molecule has 2 fully saturated rings. The molecule has 1 saturated carbocycles. The lowest BCUT2D eigenvalue weighted by Gasteiger charge is -2.37. The van der Waals surface area contributed by atoms with Gasteiger partial charge in [-0.25, -0.2) is 0 Å². The summed E-state index contributed by atoms with van der Waals surface area (Å²) in [7, 11) is 0. The van der Waals surface area contributed by atoms with E-state index in [2.05, 4.69) is 10.2 Å². The molecule has 0 unspecified atom stereocenters. The van der Waals surface area contributed by atoms with Crippen LogP contribution in [0, 0.1) is 5.92 Å². The number of primary amides is 1. The van der Waals surface area contributed by atoms with E-state index < -0.39 is 5.91 Å². The van der Waals surface area contributed by atoms with Crippen LogP contribution in [0.5, 0.6) is 0 Å². The number of aryl methyl sites for hydroxylation is 1. The summed E-state index contributed by atoms with van der Waals surface area (Å²) in [5, 5.41) is 3.53. The molecule has 8 heteroatoms. The van der Waals surface area contributed by atoms with Crippen molar-refractivity contribution >= 4 is 34.1 Å². The molecule has 0 radical (unpaired) electrons. The Kier molecular flexibility index (Phi) is 4.94. The summed E-state index contributed by atoms with van der Waals surface area (Å²) in [5.41, 5.74) is 7.08. The Labute approximate surface area is 162 Å². The third kappa shape index (κ3) is 3.60. The van der Waals surface area contributed by atoms with Crippen molar-refractivity contribution in [3.63, 3.8) is 0 Å². The second-order valence-electron chi connectivity index (χ2n) is 7.73. The summed E-state index contributed by atoms with van der Waals surface area (Å²) >= 11 is 1.48. The molecule has 2 heterocycles. The maximum Gasteiger partial charge on any atom is 0.251 e. The van der Waals surface area contributed by atoms with E-state index in [-0.39, 0.29) is 23.8 Å². The molecule has 27 heavy (non-hydrogen) atoms. The molecular weight excluding hydrogens is 364 g/mol. The lowest BCUT2D eigenvalue weighted by atomic mass is 10.1. The summed E-state index contributed by atoms with van der Waals surface area (Å²) in [4.78, 5) is 42.0. The normalized spacial score (nSPS) is 21.0. The van der Waals surface area contributed by atoms with Crippen LogP contribution in [-0.2, 0) is 22.4 Å². The lowest BCUT2D eigenvalue weighted by Crippen LogP contribution is -2.54. The number of nitrogens with two attached hydrogens (primary N) is 1. The van der Waals surface area contributed by atoms with Gasteiger partial charge in [0.05, 0.1) is 11.6 Å². The standard InChI is InChI=1S/C19H26N4O3S/c1-11(22-7-9-23(10-8-22)19(26)12-5-6-12)17(25)21-18-15(16(20)24)13-3-2-4-14(13)27-18/h11-12H,2-10H2,1H3,(H2,20,24)(H,21,25)/t11-/m1/s1. The zero-order chi connectivity index (χ0) is 19.1. The fourth-order valence-electron chi connectivity index (χ4n) is 4.05. The molecule has 146 valence electrons. The van der Waals surface area contributed by atoms with Gasteiger partial charge in [0.1, 0.15) is 5.00 Å². The van der Waals surface area contributed by atoms with Crippen molar-refractivity contribution < 1.29 is 14.4 Å². The molecule has 4 rings (SSSR count). The predicted molar refractivity (Wildman–Crippen MR) is 104 cm³/mol. The highest BCUT2D eigenvalue weighted by molar-refractivity contribution is 7.17. The van der Waals surface area contributed by atoms with E-state index >= 15 is 0 Å². The van der Waals surface area contributed by atoms with E-state index in [4.69, 9.17) is 5.73 Å². The van der Waals surface area contributed by atoms with Gasteiger partial charge in [0.2, 0.25) is 11.8 Å². The summed E-state index contributed by atoms with van der Waals surface area (Å²) < 4.78 is 0. The lowest BCUT2D eigenvalue weighted by molar-refractivity contribution is -0.135. The number of hydrogen-bond donors (Lipinski definition) is 2. The number of hydrogen-bond acceptors (Lipinski definition) is 5. The van der Waals surface area contributed by atoms with Gasteiger partial charge in [0.25, 0.3) is 5.91 Å². The molecule has 0 spiro atoms. The van der Waals surface area contributed by atoms with E-state index in [1.54, 1.807) is 0 Å². The minimum atomic E-state index is -0.468. The average molecular weight is 391 g/mol. The SMILES string of the molecule is C[C@H](C(=O)Nc1sc2c(c1C(N)=O)CCC2)N1CCN(C(=O)C2CC2)CC1. The van der Waals surface area contributed by atoms with Gasteiger partial charge >= 0.3 is 0 Å². The average Bonchev–Trinajstić information content (AvgIpc) is 3.31. The second kappa shape index (κ2) is 7.24. The summed E-state index contributed by atoms with van der Waals surface area (Å²) in [6, 6.07) is -0.319. The Bertz CT molecular complexity index is 778. The number of amides is 3.